The molecule has 0 aromatic heterocycles. The highest BCUT2D eigenvalue weighted by molar-refractivity contribution is 7.99. The molecule has 0 aliphatic rings. The van der Waals surface area contributed by atoms with E-state index in [2.05, 4.69) is 10.6 Å². The van der Waals surface area contributed by atoms with E-state index < -0.39 is 0 Å². The normalized spacial score (nSPS) is 10.3. The van der Waals surface area contributed by atoms with Crippen molar-refractivity contribution in [1.82, 2.24) is 0 Å². The Morgan fingerprint density at radius 1 is 1.04 bits per heavy atom. The predicted molar refractivity (Wildman–Crippen MR) is 101 cm³/mol. The molecule has 0 spiro atoms. The average Bonchev–Trinajstić information content (AvgIpc) is 2.53. The van der Waals surface area contributed by atoms with Gasteiger partial charge in [-0.15, -0.1) is 11.8 Å². The van der Waals surface area contributed by atoms with Gasteiger partial charge in [-0.1, -0.05) is 17.7 Å². The van der Waals surface area contributed by atoms with Crippen LogP contribution in [0.25, 0.3) is 0 Å². The van der Waals surface area contributed by atoms with Gasteiger partial charge in [0.05, 0.1) is 0 Å². The molecule has 6 heteroatoms. The van der Waals surface area contributed by atoms with E-state index in [-0.39, 0.29) is 11.8 Å². The zero-order valence-electron chi connectivity index (χ0n) is 13.6. The molecule has 0 saturated carbocycles. The molecule has 2 N–H and O–H groups in total. The van der Waals surface area contributed by atoms with Gasteiger partial charge >= 0.3 is 0 Å². The fourth-order valence-electron chi connectivity index (χ4n) is 2.10. The number of anilines is 2. The summed E-state index contributed by atoms with van der Waals surface area (Å²) in [6, 6.07) is 13.0. The van der Waals surface area contributed by atoms with Crippen LogP contribution in [0.4, 0.5) is 11.4 Å². The topological polar surface area (TPSA) is 58.2 Å². The van der Waals surface area contributed by atoms with Crippen molar-refractivity contribution in [2.45, 2.75) is 25.2 Å². The van der Waals surface area contributed by atoms with Crippen molar-refractivity contribution in [2.75, 3.05) is 16.4 Å². The Morgan fingerprint density at radius 2 is 1.67 bits per heavy atom. The Hall–Kier alpha value is -1.98. The maximum absolute atomic E-state index is 12.1. The summed E-state index contributed by atoms with van der Waals surface area (Å²) in [6.07, 6.45) is 0.400. The second-order valence-corrected chi connectivity index (χ2v) is 6.86. The van der Waals surface area contributed by atoms with Crippen molar-refractivity contribution in [3.8, 4) is 0 Å². The van der Waals surface area contributed by atoms with Gasteiger partial charge in [-0.3, -0.25) is 9.59 Å². The van der Waals surface area contributed by atoms with E-state index in [0.29, 0.717) is 28.6 Å². The van der Waals surface area contributed by atoms with Gasteiger partial charge in [0.2, 0.25) is 11.8 Å². The third-order valence-corrected chi connectivity index (χ3v) is 4.60. The van der Waals surface area contributed by atoms with Gasteiger partial charge in [-0.05, 0) is 48.9 Å². The number of nitrogens with one attached hydrogen (secondary N) is 2. The Bertz CT molecular complexity index is 732. The van der Waals surface area contributed by atoms with E-state index in [0.717, 1.165) is 10.5 Å². The zero-order valence-corrected chi connectivity index (χ0v) is 15.1. The Kier molecular flexibility index (Phi) is 6.70. The highest BCUT2D eigenvalue weighted by atomic mass is 35.5. The van der Waals surface area contributed by atoms with Crippen LogP contribution in [-0.2, 0) is 9.59 Å². The van der Waals surface area contributed by atoms with Crippen molar-refractivity contribution < 1.29 is 9.59 Å². The fraction of sp³-hybridized carbons (Fsp3) is 0.222. The smallest absolute Gasteiger partial charge is 0.225 e. The number of rotatable bonds is 6. The monoisotopic (exact) mass is 362 g/mol. The van der Waals surface area contributed by atoms with Crippen LogP contribution in [0.1, 0.15) is 18.9 Å². The molecule has 2 rings (SSSR count). The lowest BCUT2D eigenvalue weighted by atomic mass is 10.1. The van der Waals surface area contributed by atoms with Gasteiger partial charge < -0.3 is 10.6 Å². The number of thioether (sulfide) groups is 1. The van der Waals surface area contributed by atoms with Crippen molar-refractivity contribution in [3.63, 3.8) is 0 Å². The van der Waals surface area contributed by atoms with Crippen LogP contribution < -0.4 is 10.6 Å². The van der Waals surface area contributed by atoms with Crippen molar-refractivity contribution >= 4 is 46.6 Å². The molecule has 0 atom stereocenters. The molecule has 126 valence electrons. The minimum Gasteiger partial charge on any atom is -0.326 e. The van der Waals surface area contributed by atoms with Crippen LogP contribution in [0.3, 0.4) is 0 Å². The van der Waals surface area contributed by atoms with Crippen molar-refractivity contribution in [3.05, 3.63) is 53.1 Å². The molecule has 0 saturated heterocycles. The predicted octanol–water partition coefficient (Wildman–Crippen LogP) is 4.73. The summed E-state index contributed by atoms with van der Waals surface area (Å²) in [5.41, 5.74) is 2.25. The summed E-state index contributed by atoms with van der Waals surface area (Å²) < 4.78 is 0. The number of halogens is 1. The standard InChI is InChI=1S/C18H19ClN2O2S/c1-12-16(20-13(2)22)4-3-5-17(12)21-18(23)10-11-24-15-8-6-14(19)7-9-15/h3-9H,10-11H2,1-2H3,(H,20,22)(H,21,23). The lowest BCUT2D eigenvalue weighted by Gasteiger charge is -2.12. The van der Waals surface area contributed by atoms with Crippen LogP contribution in [0, 0.1) is 6.92 Å². The largest absolute Gasteiger partial charge is 0.326 e. The van der Waals surface area contributed by atoms with Gasteiger partial charge in [0, 0.05) is 40.4 Å². The Morgan fingerprint density at radius 3 is 2.29 bits per heavy atom. The molecule has 0 aliphatic heterocycles. The summed E-state index contributed by atoms with van der Waals surface area (Å²) in [7, 11) is 0. The Labute approximate surface area is 151 Å². The summed E-state index contributed by atoms with van der Waals surface area (Å²) in [4.78, 5) is 24.4. The number of carbonyl (C=O) groups excluding carboxylic acids is 2. The van der Waals surface area contributed by atoms with Crippen LogP contribution in [-0.4, -0.2) is 17.6 Å². The molecule has 0 heterocycles. The summed E-state index contributed by atoms with van der Waals surface area (Å²) >= 11 is 7.45. The fourth-order valence-corrected chi connectivity index (χ4v) is 3.08. The highest BCUT2D eigenvalue weighted by Gasteiger charge is 2.08. The molecule has 24 heavy (non-hydrogen) atoms. The molecular formula is C18H19ClN2O2S. The molecule has 0 aliphatic carbocycles. The third kappa shape index (κ3) is 5.58. The molecule has 2 aromatic rings. The van der Waals surface area contributed by atoms with Crippen LogP contribution in [0.2, 0.25) is 5.02 Å². The molecule has 0 bridgehead atoms. The van der Waals surface area contributed by atoms with Crippen molar-refractivity contribution in [1.29, 1.82) is 0 Å². The number of benzene rings is 2. The number of hydrogen-bond donors (Lipinski definition) is 2. The van der Waals surface area contributed by atoms with Crippen LogP contribution >= 0.6 is 23.4 Å². The first-order valence-electron chi connectivity index (χ1n) is 7.51. The quantitative estimate of drug-likeness (QED) is 0.730. The van der Waals surface area contributed by atoms with E-state index >= 15 is 0 Å². The summed E-state index contributed by atoms with van der Waals surface area (Å²) in [5, 5.41) is 6.35. The third-order valence-electron chi connectivity index (χ3n) is 3.33. The molecule has 4 nitrogen and oxygen atoms in total. The summed E-state index contributed by atoms with van der Waals surface area (Å²) in [6.45, 7) is 3.32. The van der Waals surface area contributed by atoms with Crippen molar-refractivity contribution in [2.24, 2.45) is 0 Å². The molecule has 2 aromatic carbocycles. The number of carbonyl (C=O) groups is 2. The van der Waals surface area contributed by atoms with Crippen LogP contribution in [0.5, 0.6) is 0 Å². The lowest BCUT2D eigenvalue weighted by Crippen LogP contribution is -2.14. The maximum atomic E-state index is 12.1. The van der Waals surface area contributed by atoms with E-state index in [1.165, 1.54) is 6.92 Å². The van der Waals surface area contributed by atoms with E-state index in [4.69, 9.17) is 11.6 Å². The minimum absolute atomic E-state index is 0.0560. The second kappa shape index (κ2) is 8.76. The average molecular weight is 363 g/mol. The molecule has 2 amide bonds. The van der Waals surface area contributed by atoms with Gasteiger partial charge in [0.25, 0.3) is 0 Å². The molecule has 0 radical (unpaired) electrons. The Balaban J connectivity index is 1.88. The zero-order chi connectivity index (χ0) is 17.5. The first kappa shape index (κ1) is 18.4. The van der Waals surface area contributed by atoms with E-state index in [9.17, 15) is 9.59 Å². The van der Waals surface area contributed by atoms with Gasteiger partial charge in [0.15, 0.2) is 0 Å². The minimum atomic E-state index is -0.138. The second-order valence-electron chi connectivity index (χ2n) is 5.26. The first-order valence-corrected chi connectivity index (χ1v) is 8.87. The number of hydrogen-bond acceptors (Lipinski definition) is 3. The van der Waals surface area contributed by atoms with Gasteiger partial charge in [0.1, 0.15) is 0 Å². The maximum Gasteiger partial charge on any atom is 0.225 e. The number of amides is 2. The highest BCUT2D eigenvalue weighted by Crippen LogP contribution is 2.24. The molecular weight excluding hydrogens is 344 g/mol. The van der Waals surface area contributed by atoms with Crippen LogP contribution in [0.15, 0.2) is 47.4 Å². The van der Waals surface area contributed by atoms with Gasteiger partial charge in [-0.2, -0.15) is 0 Å². The lowest BCUT2D eigenvalue weighted by molar-refractivity contribution is -0.116. The SMILES string of the molecule is CC(=O)Nc1cccc(NC(=O)CCSc2ccc(Cl)cc2)c1C. The molecule has 0 unspecified atom stereocenters. The first-order chi connectivity index (χ1) is 11.5. The van der Waals surface area contributed by atoms with E-state index in [1.54, 1.807) is 17.8 Å². The van der Waals surface area contributed by atoms with E-state index in [1.807, 2.05) is 43.3 Å². The van der Waals surface area contributed by atoms with Gasteiger partial charge in [-0.25, -0.2) is 0 Å². The molecule has 0 fully saturated rings. The summed E-state index contributed by atoms with van der Waals surface area (Å²) in [5.74, 6) is 0.484.